The van der Waals surface area contributed by atoms with E-state index in [0.29, 0.717) is 22.6 Å². The number of aromatic nitrogens is 1. The standard InChI is InChI=1S/C18H18N4O4/c1-24-14-8-7-11(9-15(14)25-2)10-16(23)21-17(19)22-18-20-12-5-3-4-6-13(12)26-18/h3-9H,10H2,1-2H3,(H3,19,20,21,22,23). The number of aliphatic imine (C=N–C) groups is 1. The molecule has 0 atom stereocenters. The number of amides is 1. The lowest BCUT2D eigenvalue weighted by Crippen LogP contribution is -2.37. The average molecular weight is 354 g/mol. The predicted molar refractivity (Wildman–Crippen MR) is 96.7 cm³/mol. The monoisotopic (exact) mass is 354 g/mol. The Bertz CT molecular complexity index is 932. The lowest BCUT2D eigenvalue weighted by Gasteiger charge is -2.09. The first-order valence-electron chi connectivity index (χ1n) is 7.79. The molecule has 1 aromatic heterocycles. The van der Waals surface area contributed by atoms with Gasteiger partial charge in [0.05, 0.1) is 20.6 Å². The molecule has 0 bridgehead atoms. The van der Waals surface area contributed by atoms with Crippen molar-refractivity contribution in [2.45, 2.75) is 6.42 Å². The van der Waals surface area contributed by atoms with E-state index in [1.54, 1.807) is 37.4 Å². The van der Waals surface area contributed by atoms with Crippen LogP contribution in [-0.2, 0) is 11.2 Å². The van der Waals surface area contributed by atoms with E-state index in [-0.39, 0.29) is 24.3 Å². The molecule has 0 aliphatic rings. The van der Waals surface area contributed by atoms with Crippen LogP contribution in [0.25, 0.3) is 11.1 Å². The van der Waals surface area contributed by atoms with E-state index in [1.807, 2.05) is 12.1 Å². The maximum Gasteiger partial charge on any atom is 0.325 e. The number of rotatable bonds is 5. The SMILES string of the molecule is COc1ccc(CC(=O)N/C(N)=N/c2nc3ccccc3o2)cc1OC. The molecule has 0 saturated heterocycles. The molecule has 0 spiro atoms. The number of nitrogens with two attached hydrogens (primary N) is 1. The number of carbonyl (C=O) groups excluding carboxylic acids is 1. The number of nitrogens with zero attached hydrogens (tertiary/aromatic N) is 2. The Balaban J connectivity index is 1.67. The number of ether oxygens (including phenoxy) is 2. The largest absolute Gasteiger partial charge is 0.493 e. The first kappa shape index (κ1) is 17.3. The lowest BCUT2D eigenvalue weighted by atomic mass is 10.1. The number of oxazole rings is 1. The van der Waals surface area contributed by atoms with Gasteiger partial charge in [-0.2, -0.15) is 9.98 Å². The zero-order valence-corrected chi connectivity index (χ0v) is 14.4. The zero-order valence-electron chi connectivity index (χ0n) is 14.4. The second-order valence-electron chi connectivity index (χ2n) is 5.38. The van der Waals surface area contributed by atoms with E-state index in [1.165, 1.54) is 7.11 Å². The van der Waals surface area contributed by atoms with E-state index in [4.69, 9.17) is 19.6 Å². The van der Waals surface area contributed by atoms with Crippen molar-refractivity contribution in [3.05, 3.63) is 48.0 Å². The summed E-state index contributed by atoms with van der Waals surface area (Å²) in [6.07, 6.45) is 0.101. The quantitative estimate of drug-likeness (QED) is 0.536. The maximum absolute atomic E-state index is 12.1. The summed E-state index contributed by atoms with van der Waals surface area (Å²) in [4.78, 5) is 20.3. The second-order valence-corrected chi connectivity index (χ2v) is 5.38. The summed E-state index contributed by atoms with van der Waals surface area (Å²) < 4.78 is 15.8. The Morgan fingerprint density at radius 3 is 2.69 bits per heavy atom. The molecule has 3 rings (SSSR count). The molecule has 8 nitrogen and oxygen atoms in total. The molecule has 0 unspecified atom stereocenters. The van der Waals surface area contributed by atoms with Crippen LogP contribution in [0.15, 0.2) is 51.9 Å². The highest BCUT2D eigenvalue weighted by Gasteiger charge is 2.10. The molecular weight excluding hydrogens is 336 g/mol. The van der Waals surface area contributed by atoms with Gasteiger partial charge in [0.2, 0.25) is 11.9 Å². The normalized spacial score (nSPS) is 11.4. The molecule has 0 fully saturated rings. The summed E-state index contributed by atoms with van der Waals surface area (Å²) in [5.41, 5.74) is 7.76. The molecule has 0 radical (unpaired) electrons. The van der Waals surface area contributed by atoms with Crippen LogP contribution in [0, 0.1) is 0 Å². The van der Waals surface area contributed by atoms with Gasteiger partial charge in [0, 0.05) is 0 Å². The highest BCUT2D eigenvalue weighted by Crippen LogP contribution is 2.27. The first-order chi connectivity index (χ1) is 12.6. The van der Waals surface area contributed by atoms with Crippen molar-refractivity contribution in [2.75, 3.05) is 14.2 Å². The van der Waals surface area contributed by atoms with Crippen LogP contribution in [0.1, 0.15) is 5.56 Å². The van der Waals surface area contributed by atoms with Gasteiger partial charge in [-0.05, 0) is 29.8 Å². The van der Waals surface area contributed by atoms with Crippen LogP contribution >= 0.6 is 0 Å². The predicted octanol–water partition coefficient (Wildman–Crippen LogP) is 2.15. The third-order valence-electron chi connectivity index (χ3n) is 3.58. The number of nitrogens with one attached hydrogen (secondary N) is 1. The number of methoxy groups -OCH3 is 2. The fourth-order valence-corrected chi connectivity index (χ4v) is 2.40. The van der Waals surface area contributed by atoms with Gasteiger partial charge in [-0.3, -0.25) is 10.1 Å². The van der Waals surface area contributed by atoms with E-state index >= 15 is 0 Å². The Hall–Kier alpha value is -3.55. The van der Waals surface area contributed by atoms with Crippen LogP contribution in [0.5, 0.6) is 11.5 Å². The first-order valence-corrected chi connectivity index (χ1v) is 7.79. The molecule has 1 amide bonds. The number of fused-ring (bicyclic) bond motifs is 1. The summed E-state index contributed by atoms with van der Waals surface area (Å²) >= 11 is 0. The van der Waals surface area contributed by atoms with Gasteiger partial charge < -0.3 is 19.6 Å². The highest BCUT2D eigenvalue weighted by atomic mass is 16.5. The number of carbonyl (C=O) groups is 1. The smallest absolute Gasteiger partial charge is 0.325 e. The van der Waals surface area contributed by atoms with E-state index < -0.39 is 0 Å². The molecule has 3 aromatic rings. The van der Waals surface area contributed by atoms with Gasteiger partial charge in [0.1, 0.15) is 5.52 Å². The Morgan fingerprint density at radius 2 is 1.96 bits per heavy atom. The summed E-state index contributed by atoms with van der Waals surface area (Å²) in [6.45, 7) is 0. The summed E-state index contributed by atoms with van der Waals surface area (Å²) in [6, 6.07) is 12.5. The average Bonchev–Trinajstić information content (AvgIpc) is 3.03. The Morgan fingerprint density at radius 1 is 1.19 bits per heavy atom. The molecule has 3 N–H and O–H groups in total. The van der Waals surface area contributed by atoms with Crippen molar-refractivity contribution >= 4 is 29.0 Å². The zero-order chi connectivity index (χ0) is 18.5. The van der Waals surface area contributed by atoms with Gasteiger partial charge in [0.15, 0.2) is 17.1 Å². The molecule has 2 aromatic carbocycles. The molecule has 0 aliphatic heterocycles. The highest BCUT2D eigenvalue weighted by molar-refractivity contribution is 5.97. The lowest BCUT2D eigenvalue weighted by molar-refractivity contribution is -0.119. The molecular formula is C18H18N4O4. The third-order valence-corrected chi connectivity index (χ3v) is 3.58. The van der Waals surface area contributed by atoms with Crippen LogP contribution < -0.4 is 20.5 Å². The number of benzene rings is 2. The van der Waals surface area contributed by atoms with Crippen molar-refractivity contribution in [3.63, 3.8) is 0 Å². The Labute approximate surface area is 149 Å². The van der Waals surface area contributed by atoms with Crippen molar-refractivity contribution < 1.29 is 18.7 Å². The van der Waals surface area contributed by atoms with Crippen molar-refractivity contribution in [2.24, 2.45) is 10.7 Å². The Kier molecular flexibility index (Phi) is 5.02. The van der Waals surface area contributed by atoms with Crippen LogP contribution in [0.3, 0.4) is 0 Å². The number of hydrogen-bond donors (Lipinski definition) is 2. The number of guanidine groups is 1. The topological polar surface area (TPSA) is 112 Å². The van der Waals surface area contributed by atoms with Gasteiger partial charge in [-0.1, -0.05) is 18.2 Å². The summed E-state index contributed by atoms with van der Waals surface area (Å²) in [5.74, 6) is 0.719. The minimum Gasteiger partial charge on any atom is -0.493 e. The van der Waals surface area contributed by atoms with Crippen LogP contribution in [0.2, 0.25) is 0 Å². The van der Waals surface area contributed by atoms with Crippen molar-refractivity contribution in [1.82, 2.24) is 10.3 Å². The molecule has 8 heteroatoms. The van der Waals surface area contributed by atoms with Gasteiger partial charge in [0.25, 0.3) is 0 Å². The number of para-hydroxylation sites is 2. The third kappa shape index (κ3) is 3.92. The van der Waals surface area contributed by atoms with E-state index in [9.17, 15) is 4.79 Å². The van der Waals surface area contributed by atoms with Gasteiger partial charge in [-0.25, -0.2) is 0 Å². The van der Waals surface area contributed by atoms with Crippen LogP contribution in [-0.4, -0.2) is 31.1 Å². The second kappa shape index (κ2) is 7.56. The fraction of sp³-hybridized carbons (Fsp3) is 0.167. The molecule has 0 aliphatic carbocycles. The van der Waals surface area contributed by atoms with Gasteiger partial charge in [-0.15, -0.1) is 0 Å². The summed E-state index contributed by atoms with van der Waals surface area (Å²) in [5, 5.41) is 2.50. The van der Waals surface area contributed by atoms with Crippen LogP contribution in [0.4, 0.5) is 6.01 Å². The minimum absolute atomic E-state index is 0.0788. The molecule has 134 valence electrons. The number of hydrogen-bond acceptors (Lipinski definition) is 6. The minimum atomic E-state index is -0.324. The molecule has 0 saturated carbocycles. The molecule has 1 heterocycles. The summed E-state index contributed by atoms with van der Waals surface area (Å²) in [7, 11) is 3.08. The fourth-order valence-electron chi connectivity index (χ4n) is 2.40. The van der Waals surface area contributed by atoms with Crippen molar-refractivity contribution in [3.8, 4) is 11.5 Å². The molecule has 26 heavy (non-hydrogen) atoms. The van der Waals surface area contributed by atoms with Crippen molar-refractivity contribution in [1.29, 1.82) is 0 Å². The van der Waals surface area contributed by atoms with E-state index in [2.05, 4.69) is 15.3 Å². The maximum atomic E-state index is 12.1. The van der Waals surface area contributed by atoms with E-state index in [0.717, 1.165) is 5.56 Å². The van der Waals surface area contributed by atoms with Gasteiger partial charge >= 0.3 is 6.01 Å².